The largest absolute Gasteiger partial charge is 0.463 e. The summed E-state index contributed by atoms with van der Waals surface area (Å²) in [4.78, 5) is 50.1. The monoisotopic (exact) mass is 954 g/mol. The minimum atomic E-state index is -1.45. The van der Waals surface area contributed by atoms with Crippen molar-refractivity contribution in [3.63, 3.8) is 0 Å². The Balaban J connectivity index is 0.000000260. The molecule has 24 nitrogen and oxygen atoms in total. The van der Waals surface area contributed by atoms with Gasteiger partial charge in [0.15, 0.2) is 25.0 Å². The molecule has 3 aromatic rings. The summed E-state index contributed by atoms with van der Waals surface area (Å²) in [5, 5.41) is 105. The summed E-state index contributed by atoms with van der Waals surface area (Å²) in [6.07, 6.45) is -20.4. The van der Waals surface area contributed by atoms with Gasteiger partial charge in [0.1, 0.15) is 67.6 Å². The van der Waals surface area contributed by atoms with Gasteiger partial charge < -0.3 is 99.2 Å². The van der Waals surface area contributed by atoms with Crippen molar-refractivity contribution in [2.75, 3.05) is 26.4 Å². The van der Waals surface area contributed by atoms with Crippen molar-refractivity contribution in [2.45, 2.75) is 105 Å². The second-order valence-electron chi connectivity index (χ2n) is 14.9. The predicted octanol–water partition coefficient (Wildman–Crippen LogP) is -4.16. The summed E-state index contributed by atoms with van der Waals surface area (Å²) in [5.74, 6) is -2.81. The van der Waals surface area contributed by atoms with Crippen LogP contribution in [0.2, 0.25) is 0 Å². The lowest BCUT2D eigenvalue weighted by molar-refractivity contribution is -0.252. The van der Waals surface area contributed by atoms with Crippen LogP contribution in [0.5, 0.6) is 0 Å². The molecule has 3 aromatic carbocycles. The first kappa shape index (κ1) is 54.5. The third-order valence-corrected chi connectivity index (χ3v) is 9.92. The van der Waals surface area contributed by atoms with E-state index in [2.05, 4.69) is 14.2 Å². The Morgan fingerprint density at radius 1 is 0.493 bits per heavy atom. The van der Waals surface area contributed by atoms with E-state index in [0.29, 0.717) is 0 Å². The zero-order valence-corrected chi connectivity index (χ0v) is 35.5. The predicted molar refractivity (Wildman–Crippen MR) is 218 cm³/mol. The molecule has 0 saturated carbocycles. The molecule has 7 rings (SSSR count). The maximum Gasteiger partial charge on any atom is 0.340 e. The van der Waals surface area contributed by atoms with E-state index in [9.17, 15) is 19.2 Å². The molecule has 0 amide bonds. The number of carbonyl (C=O) groups excluding carboxylic acids is 4. The van der Waals surface area contributed by atoms with E-state index in [1.165, 1.54) is 6.92 Å². The molecule has 0 aromatic heterocycles. The number of carbonyl (C=O) groups is 4. The highest BCUT2D eigenvalue weighted by Crippen LogP contribution is 2.31. The van der Waals surface area contributed by atoms with Crippen LogP contribution in [0.3, 0.4) is 0 Å². The van der Waals surface area contributed by atoms with Crippen molar-refractivity contribution in [3.8, 4) is 0 Å². The third kappa shape index (κ3) is 15.7. The number of ether oxygens (including phenoxy) is 8. The van der Waals surface area contributed by atoms with E-state index in [1.54, 1.807) is 91.0 Å². The summed E-state index contributed by atoms with van der Waals surface area (Å²) in [7, 11) is 0. The maximum absolute atomic E-state index is 12.9. The van der Waals surface area contributed by atoms with E-state index in [4.69, 9.17) is 85.0 Å². The molecule has 0 aliphatic carbocycles. The number of aliphatic hydroxyl groups is 12. The van der Waals surface area contributed by atoms with Crippen LogP contribution >= 0.6 is 0 Å². The van der Waals surface area contributed by atoms with E-state index in [1.807, 2.05) is 0 Å². The smallest absolute Gasteiger partial charge is 0.340 e. The molecule has 0 radical (unpaired) electrons. The van der Waals surface area contributed by atoms with Crippen molar-refractivity contribution < 1.29 is 118 Å². The highest BCUT2D eigenvalue weighted by Gasteiger charge is 2.52. The van der Waals surface area contributed by atoms with Crippen LogP contribution in [0.15, 0.2) is 91.0 Å². The molecule has 4 heterocycles. The van der Waals surface area contributed by atoms with Crippen LogP contribution in [0.4, 0.5) is 0 Å². The topological polar surface area (TPSA) is 385 Å². The number of esters is 4. The Hall–Kier alpha value is -5.10. The Labute approximate surface area is 381 Å². The molecular weight excluding hydrogens is 900 g/mol. The number of benzene rings is 3. The van der Waals surface area contributed by atoms with Crippen molar-refractivity contribution in [3.05, 3.63) is 108 Å². The Kier molecular flexibility index (Phi) is 21.5. The van der Waals surface area contributed by atoms with Gasteiger partial charge in [0.05, 0.1) is 36.5 Å². The standard InChI is InChI=1S/C28H24O9.3C5H10O5/c1-18(29)33-17-22-23(35-25(30)19-11-5-2-6-12-19)24(36-26(31)20-13-7-3-8-14-20)28(34-22)37-27(32)21-15-9-4-10-16-21;2*6-2-1-10-5(9)4(8)3(2)7;6-1-2-3(7)4(8)5(9)10-2/h2-16,22-24,28H,17H2,1H3;3*2-9H,1H2/t22-,23-,24-,28+;2-,3+,4?,5-;2-,3-,4+,5-;2-,3-,4-,5-/m0000/s1. The zero-order valence-electron chi connectivity index (χ0n) is 35.5. The molecule has 67 heavy (non-hydrogen) atoms. The van der Waals surface area contributed by atoms with E-state index in [0.717, 1.165) is 0 Å². The quantitative estimate of drug-likeness (QED) is 0.0715. The molecule has 0 spiro atoms. The first-order valence-corrected chi connectivity index (χ1v) is 20.4. The molecule has 4 saturated heterocycles. The fourth-order valence-corrected chi connectivity index (χ4v) is 6.13. The first-order chi connectivity index (χ1) is 31.8. The molecule has 12 N–H and O–H groups in total. The number of rotatable bonds is 9. The summed E-state index contributed by atoms with van der Waals surface area (Å²) in [6, 6.07) is 24.5. The molecule has 370 valence electrons. The third-order valence-electron chi connectivity index (χ3n) is 9.92. The minimum absolute atomic E-state index is 0.153. The van der Waals surface area contributed by atoms with E-state index >= 15 is 0 Å². The first-order valence-electron chi connectivity index (χ1n) is 20.4. The van der Waals surface area contributed by atoms with Gasteiger partial charge in [-0.25, -0.2) is 14.4 Å². The van der Waals surface area contributed by atoms with Crippen LogP contribution < -0.4 is 0 Å². The second-order valence-corrected chi connectivity index (χ2v) is 14.9. The van der Waals surface area contributed by atoms with Crippen LogP contribution in [0.25, 0.3) is 0 Å². The number of aliphatic hydroxyl groups excluding tert-OH is 12. The Morgan fingerprint density at radius 2 is 0.881 bits per heavy atom. The van der Waals surface area contributed by atoms with Gasteiger partial charge in [-0.3, -0.25) is 4.79 Å². The van der Waals surface area contributed by atoms with Crippen molar-refractivity contribution in [1.29, 1.82) is 0 Å². The molecule has 16 atom stereocenters. The van der Waals surface area contributed by atoms with Gasteiger partial charge in [-0.05, 0) is 36.4 Å². The van der Waals surface area contributed by atoms with Crippen LogP contribution in [0, 0.1) is 0 Å². The van der Waals surface area contributed by atoms with Crippen molar-refractivity contribution in [1.82, 2.24) is 0 Å². The molecule has 4 fully saturated rings. The van der Waals surface area contributed by atoms with Crippen LogP contribution in [0.1, 0.15) is 38.0 Å². The van der Waals surface area contributed by atoms with Gasteiger partial charge in [-0.15, -0.1) is 0 Å². The lowest BCUT2D eigenvalue weighted by Gasteiger charge is -2.31. The Morgan fingerprint density at radius 3 is 1.22 bits per heavy atom. The minimum Gasteiger partial charge on any atom is -0.463 e. The fraction of sp³-hybridized carbons (Fsp3) is 0.488. The summed E-state index contributed by atoms with van der Waals surface area (Å²) < 4.78 is 41.3. The molecule has 0 bridgehead atoms. The van der Waals surface area contributed by atoms with Gasteiger partial charge in [-0.2, -0.15) is 0 Å². The molecular formula is C43H54O24. The average Bonchev–Trinajstić information content (AvgIpc) is 3.78. The average molecular weight is 955 g/mol. The van der Waals surface area contributed by atoms with Crippen LogP contribution in [-0.4, -0.2) is 210 Å². The van der Waals surface area contributed by atoms with E-state index < -0.39 is 129 Å². The molecule has 1 unspecified atom stereocenters. The van der Waals surface area contributed by atoms with Crippen LogP contribution in [-0.2, 0) is 42.7 Å². The lowest BCUT2D eigenvalue weighted by atomic mass is 10.1. The lowest BCUT2D eigenvalue weighted by Crippen LogP contribution is -2.52. The second kappa shape index (κ2) is 26.4. The normalized spacial score (nSPS) is 33.1. The van der Waals surface area contributed by atoms with Gasteiger partial charge in [0, 0.05) is 6.92 Å². The fourth-order valence-electron chi connectivity index (χ4n) is 6.13. The number of hydrogen-bond donors (Lipinski definition) is 12. The summed E-state index contributed by atoms with van der Waals surface area (Å²) >= 11 is 0. The van der Waals surface area contributed by atoms with Gasteiger partial charge in [0.25, 0.3) is 0 Å². The van der Waals surface area contributed by atoms with Crippen molar-refractivity contribution in [2.24, 2.45) is 0 Å². The highest BCUT2D eigenvalue weighted by molar-refractivity contribution is 5.91. The summed E-state index contributed by atoms with van der Waals surface area (Å²) in [5.41, 5.74) is 0.708. The molecule has 4 aliphatic heterocycles. The SMILES string of the molecule is CC(=O)OC[C@@H]1O[C@H](OC(=O)c2ccccc2)[C@@H](OC(=O)c2ccccc2)[C@H]1OC(=O)c1ccccc1.OC1[C@@H](O)OC[C@H](O)[C@H]1O.OC[C@@H]1O[C@H](O)[C@@H](O)[C@H]1O.O[C@@H]1[C@@H](O)[C@@H](O)OC[C@@H]1O. The number of hydrogen-bond acceptors (Lipinski definition) is 24. The highest BCUT2D eigenvalue weighted by atomic mass is 16.8. The van der Waals surface area contributed by atoms with Gasteiger partial charge >= 0.3 is 23.9 Å². The molecule has 24 heteroatoms. The van der Waals surface area contributed by atoms with E-state index in [-0.39, 0.29) is 36.5 Å². The molecule has 4 aliphatic rings. The zero-order chi connectivity index (χ0) is 49.4. The van der Waals surface area contributed by atoms with Gasteiger partial charge in [-0.1, -0.05) is 54.6 Å². The maximum atomic E-state index is 12.9. The van der Waals surface area contributed by atoms with Crippen molar-refractivity contribution >= 4 is 23.9 Å². The van der Waals surface area contributed by atoms with Gasteiger partial charge in [0.2, 0.25) is 12.4 Å². The summed E-state index contributed by atoms with van der Waals surface area (Å²) in [6.45, 7) is 0.161. The Bertz CT molecular complexity index is 1900.